The van der Waals surface area contributed by atoms with Crippen molar-refractivity contribution in [3.8, 4) is 0 Å². The van der Waals surface area contributed by atoms with Gasteiger partial charge >= 0.3 is 5.97 Å². The van der Waals surface area contributed by atoms with Crippen LogP contribution in [0.25, 0.3) is 0 Å². The smallest absolute Gasteiger partial charge is 0.307 e. The molecule has 0 amide bonds. The molecule has 1 saturated carbocycles. The van der Waals surface area contributed by atoms with Crippen molar-refractivity contribution in [2.24, 2.45) is 11.8 Å². The van der Waals surface area contributed by atoms with Crippen LogP contribution in [0.2, 0.25) is 0 Å². The zero-order valence-corrected chi connectivity index (χ0v) is 12.3. The Hall–Kier alpha value is -0.870. The summed E-state index contributed by atoms with van der Waals surface area (Å²) in [7, 11) is 0. The molecule has 0 radical (unpaired) electrons. The maximum atomic E-state index is 11.5. The summed E-state index contributed by atoms with van der Waals surface area (Å²) in [4.78, 5) is 11.5. The fraction of sp³-hybridized carbons (Fsp3) is 0.533. The number of halogens is 1. The molecule has 1 aliphatic carbocycles. The number of hydrogen-bond acceptors (Lipinski definition) is 2. The molecule has 104 valence electrons. The fourth-order valence-corrected chi connectivity index (χ4v) is 3.40. The van der Waals surface area contributed by atoms with E-state index in [1.165, 1.54) is 0 Å². The van der Waals surface area contributed by atoms with E-state index >= 15 is 0 Å². The summed E-state index contributed by atoms with van der Waals surface area (Å²) in [5.74, 6) is -1.42. The Balaban J connectivity index is 2.14. The molecule has 1 fully saturated rings. The summed E-state index contributed by atoms with van der Waals surface area (Å²) in [5, 5.41) is 19.5. The molecule has 1 aromatic carbocycles. The molecule has 0 spiro atoms. The first kappa shape index (κ1) is 14.5. The van der Waals surface area contributed by atoms with Crippen molar-refractivity contribution in [2.75, 3.05) is 0 Å². The van der Waals surface area contributed by atoms with Gasteiger partial charge in [-0.25, -0.2) is 0 Å². The van der Waals surface area contributed by atoms with E-state index in [0.29, 0.717) is 6.42 Å². The van der Waals surface area contributed by atoms with E-state index in [4.69, 9.17) is 0 Å². The van der Waals surface area contributed by atoms with Crippen LogP contribution in [0.15, 0.2) is 28.7 Å². The molecule has 1 aromatic rings. The van der Waals surface area contributed by atoms with Crippen LogP contribution in [0.3, 0.4) is 0 Å². The van der Waals surface area contributed by atoms with E-state index in [-0.39, 0.29) is 5.92 Å². The average molecular weight is 327 g/mol. The van der Waals surface area contributed by atoms with Gasteiger partial charge in [-0.15, -0.1) is 0 Å². The SMILES string of the molecule is O=C(O)C(Cc1cccc(Br)c1)C1CCCCC1O. The standard InChI is InChI=1S/C15H19BrO3/c16-11-5-3-4-10(8-11)9-13(15(18)19)12-6-1-2-7-14(12)17/h3-5,8,12-14,17H,1-2,6-7,9H2,(H,18,19). The molecule has 2 N–H and O–H groups in total. The van der Waals surface area contributed by atoms with Crippen LogP contribution in [0.1, 0.15) is 31.2 Å². The zero-order chi connectivity index (χ0) is 13.8. The number of carboxylic acids is 1. The quantitative estimate of drug-likeness (QED) is 0.892. The zero-order valence-electron chi connectivity index (χ0n) is 10.8. The molecular weight excluding hydrogens is 308 g/mol. The number of hydrogen-bond donors (Lipinski definition) is 2. The Morgan fingerprint density at radius 1 is 1.37 bits per heavy atom. The normalized spacial score (nSPS) is 24.9. The Labute approximate surface area is 121 Å². The van der Waals surface area contributed by atoms with Gasteiger partial charge in [-0.05, 0) is 42.9 Å². The van der Waals surface area contributed by atoms with Gasteiger partial charge in [0.2, 0.25) is 0 Å². The third-order valence-corrected chi connectivity index (χ3v) is 4.45. The number of aliphatic carboxylic acids is 1. The Morgan fingerprint density at radius 2 is 2.11 bits per heavy atom. The number of carboxylic acid groups (broad SMARTS) is 1. The van der Waals surface area contributed by atoms with Crippen LogP contribution in [-0.4, -0.2) is 22.3 Å². The van der Waals surface area contributed by atoms with Crippen molar-refractivity contribution in [3.63, 3.8) is 0 Å². The van der Waals surface area contributed by atoms with E-state index in [2.05, 4.69) is 15.9 Å². The molecule has 0 aliphatic heterocycles. The minimum atomic E-state index is -0.800. The first-order chi connectivity index (χ1) is 9.08. The summed E-state index contributed by atoms with van der Waals surface area (Å²) in [6, 6.07) is 7.73. The van der Waals surface area contributed by atoms with E-state index in [1.807, 2.05) is 24.3 Å². The Bertz CT molecular complexity index is 447. The average Bonchev–Trinajstić information content (AvgIpc) is 2.37. The highest BCUT2D eigenvalue weighted by atomic mass is 79.9. The number of benzene rings is 1. The maximum Gasteiger partial charge on any atom is 0.307 e. The summed E-state index contributed by atoms with van der Waals surface area (Å²) < 4.78 is 0.957. The number of aliphatic hydroxyl groups excluding tert-OH is 1. The van der Waals surface area contributed by atoms with Crippen molar-refractivity contribution in [1.82, 2.24) is 0 Å². The van der Waals surface area contributed by atoms with Crippen LogP contribution in [-0.2, 0) is 11.2 Å². The topological polar surface area (TPSA) is 57.5 Å². The first-order valence-electron chi connectivity index (χ1n) is 6.73. The molecule has 4 heteroatoms. The van der Waals surface area contributed by atoms with Crippen LogP contribution < -0.4 is 0 Å². The highest BCUT2D eigenvalue weighted by Crippen LogP contribution is 2.33. The second-order valence-corrected chi connectivity index (χ2v) is 6.21. The molecule has 19 heavy (non-hydrogen) atoms. The summed E-state index contributed by atoms with van der Waals surface area (Å²) in [5.41, 5.74) is 1.000. The fourth-order valence-electron chi connectivity index (χ4n) is 2.95. The summed E-state index contributed by atoms with van der Waals surface area (Å²) in [6.45, 7) is 0. The van der Waals surface area contributed by atoms with E-state index in [0.717, 1.165) is 35.7 Å². The van der Waals surface area contributed by atoms with Crippen LogP contribution in [0.4, 0.5) is 0 Å². The van der Waals surface area contributed by atoms with Crippen LogP contribution in [0, 0.1) is 11.8 Å². The van der Waals surface area contributed by atoms with Gasteiger partial charge in [0.15, 0.2) is 0 Å². The van der Waals surface area contributed by atoms with Gasteiger partial charge in [0, 0.05) is 4.47 Å². The summed E-state index contributed by atoms with van der Waals surface area (Å²) in [6.07, 6.45) is 3.57. The molecule has 2 rings (SSSR count). The molecule has 0 heterocycles. The van der Waals surface area contributed by atoms with E-state index < -0.39 is 18.0 Å². The lowest BCUT2D eigenvalue weighted by Crippen LogP contribution is -2.36. The van der Waals surface area contributed by atoms with Crippen molar-refractivity contribution < 1.29 is 15.0 Å². The molecule has 3 atom stereocenters. The van der Waals surface area contributed by atoms with Gasteiger partial charge in [0.05, 0.1) is 12.0 Å². The van der Waals surface area contributed by atoms with E-state index in [1.54, 1.807) is 0 Å². The second kappa shape index (κ2) is 6.53. The lowest BCUT2D eigenvalue weighted by molar-refractivity contribution is -0.146. The number of aliphatic hydroxyl groups is 1. The minimum Gasteiger partial charge on any atom is -0.481 e. The Kier molecular flexibility index (Phi) is 4.99. The molecule has 0 aromatic heterocycles. The van der Waals surface area contributed by atoms with Gasteiger partial charge in [0.1, 0.15) is 0 Å². The van der Waals surface area contributed by atoms with Crippen molar-refractivity contribution >= 4 is 21.9 Å². The highest BCUT2D eigenvalue weighted by Gasteiger charge is 2.35. The van der Waals surface area contributed by atoms with Crippen molar-refractivity contribution in [2.45, 2.75) is 38.2 Å². The Morgan fingerprint density at radius 3 is 2.74 bits per heavy atom. The molecule has 1 aliphatic rings. The predicted octanol–water partition coefficient (Wildman–Crippen LogP) is 3.24. The van der Waals surface area contributed by atoms with Crippen molar-refractivity contribution in [1.29, 1.82) is 0 Å². The lowest BCUT2D eigenvalue weighted by atomic mass is 9.75. The summed E-state index contributed by atoms with van der Waals surface area (Å²) >= 11 is 3.40. The second-order valence-electron chi connectivity index (χ2n) is 5.29. The third-order valence-electron chi connectivity index (χ3n) is 3.96. The molecular formula is C15H19BrO3. The van der Waals surface area contributed by atoms with Gasteiger partial charge in [-0.1, -0.05) is 40.9 Å². The van der Waals surface area contributed by atoms with Crippen LogP contribution in [0.5, 0.6) is 0 Å². The van der Waals surface area contributed by atoms with E-state index in [9.17, 15) is 15.0 Å². The molecule has 3 unspecified atom stereocenters. The van der Waals surface area contributed by atoms with Crippen molar-refractivity contribution in [3.05, 3.63) is 34.3 Å². The van der Waals surface area contributed by atoms with Gasteiger partial charge < -0.3 is 10.2 Å². The predicted molar refractivity (Wildman–Crippen MR) is 76.9 cm³/mol. The monoisotopic (exact) mass is 326 g/mol. The van der Waals surface area contributed by atoms with Crippen LogP contribution >= 0.6 is 15.9 Å². The molecule has 0 saturated heterocycles. The minimum absolute atomic E-state index is 0.120. The highest BCUT2D eigenvalue weighted by molar-refractivity contribution is 9.10. The molecule has 3 nitrogen and oxygen atoms in total. The lowest BCUT2D eigenvalue weighted by Gasteiger charge is -2.32. The maximum absolute atomic E-state index is 11.5. The molecule has 0 bridgehead atoms. The first-order valence-corrected chi connectivity index (χ1v) is 7.52. The van der Waals surface area contributed by atoms with Gasteiger partial charge in [-0.2, -0.15) is 0 Å². The van der Waals surface area contributed by atoms with Gasteiger partial charge in [-0.3, -0.25) is 4.79 Å². The number of carbonyl (C=O) groups is 1. The third kappa shape index (κ3) is 3.80. The van der Waals surface area contributed by atoms with Gasteiger partial charge in [0.25, 0.3) is 0 Å². The largest absolute Gasteiger partial charge is 0.481 e. The number of rotatable bonds is 4.